The van der Waals surface area contributed by atoms with E-state index in [4.69, 9.17) is 10.5 Å². The number of carbonyl (C=O) groups is 1. The van der Waals surface area contributed by atoms with Gasteiger partial charge in [0.25, 0.3) is 5.91 Å². The van der Waals surface area contributed by atoms with E-state index >= 15 is 0 Å². The molecule has 1 atom stereocenters. The molecule has 0 heterocycles. The summed E-state index contributed by atoms with van der Waals surface area (Å²) in [6.07, 6.45) is 2.77. The van der Waals surface area contributed by atoms with E-state index in [2.05, 4.69) is 12.2 Å². The summed E-state index contributed by atoms with van der Waals surface area (Å²) in [4.78, 5) is 22.5. The molecule has 116 valence electrons. The van der Waals surface area contributed by atoms with Crippen LogP contribution in [0.1, 0.15) is 36.5 Å². The van der Waals surface area contributed by atoms with Crippen LogP contribution in [0.2, 0.25) is 0 Å². The van der Waals surface area contributed by atoms with Crippen molar-refractivity contribution >= 4 is 11.6 Å². The molecule has 0 fully saturated rings. The highest BCUT2D eigenvalue weighted by Gasteiger charge is 2.19. The molecule has 0 saturated carbocycles. The van der Waals surface area contributed by atoms with Gasteiger partial charge in [-0.25, -0.2) is 0 Å². The highest BCUT2D eigenvalue weighted by molar-refractivity contribution is 5.95. The Labute approximate surface area is 123 Å². The van der Waals surface area contributed by atoms with E-state index in [1.165, 1.54) is 25.3 Å². The Morgan fingerprint density at radius 1 is 1.52 bits per heavy atom. The minimum atomic E-state index is -0.576. The minimum Gasteiger partial charge on any atom is -0.490 e. The number of unbranched alkanes of at least 4 members (excludes halogenated alkanes) is 1. The van der Waals surface area contributed by atoms with Gasteiger partial charge in [-0.1, -0.05) is 19.8 Å². The molecule has 3 N–H and O–H groups in total. The number of carbonyl (C=O) groups excluding carboxylic acids is 1. The van der Waals surface area contributed by atoms with Crippen LogP contribution in [0.5, 0.6) is 5.75 Å². The topological polar surface area (TPSA) is 107 Å². The fourth-order valence-corrected chi connectivity index (χ4v) is 1.94. The van der Waals surface area contributed by atoms with E-state index in [0.717, 1.165) is 19.3 Å². The first-order valence-electron chi connectivity index (χ1n) is 6.86. The summed E-state index contributed by atoms with van der Waals surface area (Å²) in [5.74, 6) is -0.245. The van der Waals surface area contributed by atoms with Gasteiger partial charge in [0.15, 0.2) is 5.75 Å². The normalized spacial score (nSPS) is 11.8. The zero-order chi connectivity index (χ0) is 15.8. The summed E-state index contributed by atoms with van der Waals surface area (Å²) >= 11 is 0. The van der Waals surface area contributed by atoms with Crippen molar-refractivity contribution in [1.29, 1.82) is 0 Å². The van der Waals surface area contributed by atoms with Crippen LogP contribution < -0.4 is 15.8 Å². The highest BCUT2D eigenvalue weighted by Crippen LogP contribution is 2.27. The fourth-order valence-electron chi connectivity index (χ4n) is 1.94. The van der Waals surface area contributed by atoms with Crippen LogP contribution in [-0.2, 0) is 0 Å². The smallest absolute Gasteiger partial charge is 0.311 e. The fraction of sp³-hybridized carbons (Fsp3) is 0.500. The molecule has 1 amide bonds. The lowest BCUT2D eigenvalue weighted by Crippen LogP contribution is -2.40. The van der Waals surface area contributed by atoms with Gasteiger partial charge in [0.2, 0.25) is 0 Å². The van der Waals surface area contributed by atoms with Gasteiger partial charge in [-0.15, -0.1) is 0 Å². The van der Waals surface area contributed by atoms with Crippen molar-refractivity contribution in [1.82, 2.24) is 5.32 Å². The van der Waals surface area contributed by atoms with Gasteiger partial charge in [0, 0.05) is 24.2 Å². The molecule has 7 heteroatoms. The number of benzene rings is 1. The second-order valence-electron chi connectivity index (χ2n) is 4.69. The number of nitro benzene ring substituents is 1. The van der Waals surface area contributed by atoms with Crippen LogP contribution in [0, 0.1) is 10.1 Å². The van der Waals surface area contributed by atoms with Gasteiger partial charge in [-0.3, -0.25) is 14.9 Å². The van der Waals surface area contributed by atoms with Crippen molar-refractivity contribution in [3.8, 4) is 5.75 Å². The first-order chi connectivity index (χ1) is 10.0. The molecule has 1 unspecified atom stereocenters. The maximum absolute atomic E-state index is 12.1. The Morgan fingerprint density at radius 2 is 2.24 bits per heavy atom. The molecule has 0 aliphatic rings. The quantitative estimate of drug-likeness (QED) is 0.562. The second-order valence-corrected chi connectivity index (χ2v) is 4.69. The zero-order valence-electron chi connectivity index (χ0n) is 12.3. The first-order valence-corrected chi connectivity index (χ1v) is 6.86. The van der Waals surface area contributed by atoms with Crippen LogP contribution in [0.3, 0.4) is 0 Å². The number of nitrogens with one attached hydrogen (secondary N) is 1. The number of nitro groups is 1. The molecule has 0 saturated heterocycles. The number of hydrogen-bond acceptors (Lipinski definition) is 5. The van der Waals surface area contributed by atoms with Gasteiger partial charge < -0.3 is 15.8 Å². The summed E-state index contributed by atoms with van der Waals surface area (Å²) < 4.78 is 4.90. The van der Waals surface area contributed by atoms with Gasteiger partial charge in [0.05, 0.1) is 12.0 Å². The van der Waals surface area contributed by atoms with Crippen molar-refractivity contribution in [2.24, 2.45) is 5.73 Å². The standard InChI is InChI=1S/C14H21N3O4/c1-3-4-5-11(9-15)16-14(18)10-6-7-13(21-2)12(8-10)17(19)20/h6-8,11H,3-5,9,15H2,1-2H3,(H,16,18). The van der Waals surface area contributed by atoms with E-state index in [9.17, 15) is 14.9 Å². The second kappa shape index (κ2) is 8.21. The van der Waals surface area contributed by atoms with Crippen LogP contribution in [-0.4, -0.2) is 30.5 Å². The van der Waals surface area contributed by atoms with Crippen LogP contribution in [0.25, 0.3) is 0 Å². The molecule has 0 bridgehead atoms. The van der Waals surface area contributed by atoms with Gasteiger partial charge in [-0.05, 0) is 18.6 Å². The minimum absolute atomic E-state index is 0.123. The number of methoxy groups -OCH3 is 1. The Kier molecular flexibility index (Phi) is 6.61. The summed E-state index contributed by atoms with van der Waals surface area (Å²) in [6, 6.07) is 3.99. The predicted molar refractivity (Wildman–Crippen MR) is 79.5 cm³/mol. The Bertz CT molecular complexity index is 505. The van der Waals surface area contributed by atoms with Crippen molar-refractivity contribution < 1.29 is 14.5 Å². The Morgan fingerprint density at radius 3 is 2.76 bits per heavy atom. The SMILES string of the molecule is CCCCC(CN)NC(=O)c1ccc(OC)c([N+](=O)[O-])c1. The molecule has 0 aliphatic heterocycles. The highest BCUT2D eigenvalue weighted by atomic mass is 16.6. The molecule has 7 nitrogen and oxygen atoms in total. The number of hydrogen-bond donors (Lipinski definition) is 2. The number of nitrogens with zero attached hydrogens (tertiary/aromatic N) is 1. The molecule has 21 heavy (non-hydrogen) atoms. The number of amides is 1. The molecule has 1 rings (SSSR count). The number of rotatable bonds is 8. The maximum atomic E-state index is 12.1. The lowest BCUT2D eigenvalue weighted by atomic mass is 10.1. The van der Waals surface area contributed by atoms with E-state index in [1.807, 2.05) is 0 Å². The summed E-state index contributed by atoms with van der Waals surface area (Å²) in [5.41, 5.74) is 5.61. The predicted octanol–water partition coefficient (Wildman–Crippen LogP) is 1.85. The number of nitrogens with two attached hydrogens (primary N) is 1. The monoisotopic (exact) mass is 295 g/mol. The third kappa shape index (κ3) is 4.71. The van der Waals surface area contributed by atoms with Crippen molar-refractivity contribution in [2.75, 3.05) is 13.7 Å². The summed E-state index contributed by atoms with van der Waals surface area (Å²) in [7, 11) is 1.34. The molecule has 0 radical (unpaired) electrons. The largest absolute Gasteiger partial charge is 0.490 e. The van der Waals surface area contributed by atoms with Crippen LogP contribution >= 0.6 is 0 Å². The first kappa shape index (κ1) is 16.9. The van der Waals surface area contributed by atoms with E-state index in [-0.39, 0.29) is 28.9 Å². The van der Waals surface area contributed by atoms with Crippen LogP contribution in [0.4, 0.5) is 5.69 Å². The summed E-state index contributed by atoms with van der Waals surface area (Å²) in [5, 5.41) is 13.7. The van der Waals surface area contributed by atoms with E-state index in [0.29, 0.717) is 6.54 Å². The lowest BCUT2D eigenvalue weighted by Gasteiger charge is -2.16. The molecule has 1 aromatic carbocycles. The molecular formula is C14H21N3O4. The van der Waals surface area contributed by atoms with Gasteiger partial charge in [-0.2, -0.15) is 0 Å². The van der Waals surface area contributed by atoms with Crippen molar-refractivity contribution in [3.63, 3.8) is 0 Å². The molecular weight excluding hydrogens is 274 g/mol. The van der Waals surface area contributed by atoms with Crippen molar-refractivity contribution in [3.05, 3.63) is 33.9 Å². The lowest BCUT2D eigenvalue weighted by molar-refractivity contribution is -0.385. The Balaban J connectivity index is 2.87. The third-order valence-corrected chi connectivity index (χ3v) is 3.16. The van der Waals surface area contributed by atoms with Crippen molar-refractivity contribution in [2.45, 2.75) is 32.2 Å². The van der Waals surface area contributed by atoms with Crippen LogP contribution in [0.15, 0.2) is 18.2 Å². The average molecular weight is 295 g/mol. The molecule has 0 aromatic heterocycles. The molecule has 0 aliphatic carbocycles. The Hall–Kier alpha value is -2.15. The summed E-state index contributed by atoms with van der Waals surface area (Å²) in [6.45, 7) is 2.40. The molecule has 0 spiro atoms. The van der Waals surface area contributed by atoms with E-state index in [1.54, 1.807) is 0 Å². The zero-order valence-corrected chi connectivity index (χ0v) is 12.3. The number of ether oxygens (including phenoxy) is 1. The van der Waals surface area contributed by atoms with Gasteiger partial charge in [0.1, 0.15) is 0 Å². The molecule has 1 aromatic rings. The van der Waals surface area contributed by atoms with Gasteiger partial charge >= 0.3 is 5.69 Å². The maximum Gasteiger partial charge on any atom is 0.311 e. The van der Waals surface area contributed by atoms with E-state index < -0.39 is 4.92 Å². The average Bonchev–Trinajstić information content (AvgIpc) is 2.50. The third-order valence-electron chi connectivity index (χ3n) is 3.16.